The van der Waals surface area contributed by atoms with E-state index in [1.54, 1.807) is 11.8 Å². The van der Waals surface area contributed by atoms with Crippen LogP contribution in [0.3, 0.4) is 0 Å². The van der Waals surface area contributed by atoms with Gasteiger partial charge in [-0.05, 0) is 26.0 Å². The summed E-state index contributed by atoms with van der Waals surface area (Å²) in [4.78, 5) is 23.5. The van der Waals surface area contributed by atoms with Crippen molar-refractivity contribution in [3.05, 3.63) is 33.9 Å². The molecule has 0 fully saturated rings. The zero-order valence-electron chi connectivity index (χ0n) is 11.4. The molecule has 0 saturated heterocycles. The van der Waals surface area contributed by atoms with Gasteiger partial charge in [-0.2, -0.15) is 5.26 Å². The lowest BCUT2D eigenvalue weighted by Crippen LogP contribution is -2.28. The minimum absolute atomic E-state index is 0.109. The van der Waals surface area contributed by atoms with Gasteiger partial charge in [-0.25, -0.2) is 0 Å². The molecule has 1 aromatic rings. The molecule has 0 spiro atoms. The number of rotatable bonds is 6. The van der Waals surface area contributed by atoms with Crippen LogP contribution in [0.5, 0.6) is 0 Å². The van der Waals surface area contributed by atoms with Crippen molar-refractivity contribution in [1.82, 2.24) is 0 Å². The molecule has 7 nitrogen and oxygen atoms in total. The molecule has 1 unspecified atom stereocenters. The van der Waals surface area contributed by atoms with E-state index < -0.39 is 10.8 Å². The van der Waals surface area contributed by atoms with Crippen LogP contribution in [0.15, 0.2) is 18.2 Å². The normalized spacial score (nSPS) is 11.4. The highest BCUT2D eigenvalue weighted by Gasteiger charge is 2.21. The Morgan fingerprint density at radius 3 is 2.70 bits per heavy atom. The molecule has 0 bridgehead atoms. The van der Waals surface area contributed by atoms with Crippen LogP contribution in [0.2, 0.25) is 0 Å². The predicted molar refractivity (Wildman–Crippen MR) is 74.3 cm³/mol. The van der Waals surface area contributed by atoms with Gasteiger partial charge in [0.05, 0.1) is 16.9 Å². The number of nitriles is 1. The summed E-state index contributed by atoms with van der Waals surface area (Å²) in [5.41, 5.74) is 5.59. The fourth-order valence-corrected chi connectivity index (χ4v) is 1.85. The van der Waals surface area contributed by atoms with Gasteiger partial charge in [0.15, 0.2) is 0 Å². The summed E-state index contributed by atoms with van der Waals surface area (Å²) >= 11 is 0. The van der Waals surface area contributed by atoms with E-state index in [4.69, 9.17) is 11.0 Å². The maximum absolute atomic E-state index is 11.2. The molecule has 2 N–H and O–H groups in total. The highest BCUT2D eigenvalue weighted by molar-refractivity contribution is 5.94. The predicted octanol–water partition coefficient (Wildman–Crippen LogP) is 1.68. The number of primary amides is 1. The molecule has 0 saturated carbocycles. The number of carbonyl (C=O) groups excluding carboxylic acids is 1. The third-order valence-corrected chi connectivity index (χ3v) is 2.89. The third kappa shape index (κ3) is 3.45. The Morgan fingerprint density at radius 1 is 1.60 bits per heavy atom. The standard InChI is InChI=1S/C13H16N4O3/c1-3-16(8-9(2)7-14)12-6-10(13(15)18)4-5-11(12)17(19)20/h4-6,9H,3,8H2,1-2H3,(H2,15,18). The highest BCUT2D eigenvalue weighted by Crippen LogP contribution is 2.29. The number of nitro groups is 1. The topological polar surface area (TPSA) is 113 Å². The van der Waals surface area contributed by atoms with Crippen LogP contribution in [0.1, 0.15) is 24.2 Å². The number of nitrogens with zero attached hydrogens (tertiary/aromatic N) is 3. The van der Waals surface area contributed by atoms with Crippen LogP contribution in [0.25, 0.3) is 0 Å². The number of hydrogen-bond acceptors (Lipinski definition) is 5. The molecule has 0 aromatic heterocycles. The number of anilines is 1. The lowest BCUT2D eigenvalue weighted by atomic mass is 10.1. The fourth-order valence-electron chi connectivity index (χ4n) is 1.85. The first-order valence-electron chi connectivity index (χ1n) is 6.13. The smallest absolute Gasteiger partial charge is 0.292 e. The van der Waals surface area contributed by atoms with Gasteiger partial charge in [0, 0.05) is 24.7 Å². The number of hydrogen-bond donors (Lipinski definition) is 1. The minimum atomic E-state index is -0.648. The highest BCUT2D eigenvalue weighted by atomic mass is 16.6. The molecule has 20 heavy (non-hydrogen) atoms. The molecule has 1 atom stereocenters. The van der Waals surface area contributed by atoms with Crippen molar-refractivity contribution in [3.8, 4) is 6.07 Å². The zero-order valence-corrected chi connectivity index (χ0v) is 11.4. The summed E-state index contributed by atoms with van der Waals surface area (Å²) in [5, 5.41) is 19.9. The lowest BCUT2D eigenvalue weighted by Gasteiger charge is -2.24. The molecule has 0 aliphatic rings. The monoisotopic (exact) mass is 276 g/mol. The zero-order chi connectivity index (χ0) is 15.3. The van der Waals surface area contributed by atoms with Gasteiger partial charge in [-0.3, -0.25) is 14.9 Å². The molecule has 0 aliphatic carbocycles. The Morgan fingerprint density at radius 2 is 2.25 bits per heavy atom. The van der Waals surface area contributed by atoms with Crippen LogP contribution >= 0.6 is 0 Å². The molecular formula is C13H16N4O3. The van der Waals surface area contributed by atoms with Gasteiger partial charge in [0.1, 0.15) is 5.69 Å². The van der Waals surface area contributed by atoms with Crippen molar-refractivity contribution >= 4 is 17.3 Å². The van der Waals surface area contributed by atoms with E-state index in [9.17, 15) is 14.9 Å². The molecule has 106 valence electrons. The van der Waals surface area contributed by atoms with Crippen molar-refractivity contribution in [3.63, 3.8) is 0 Å². The SMILES string of the molecule is CCN(CC(C)C#N)c1cc(C(N)=O)ccc1[N+](=O)[O-]. The number of nitro benzene ring substituents is 1. The van der Waals surface area contributed by atoms with Gasteiger partial charge < -0.3 is 10.6 Å². The van der Waals surface area contributed by atoms with Crippen LogP contribution in [0.4, 0.5) is 11.4 Å². The quantitative estimate of drug-likeness (QED) is 0.627. The molecule has 1 amide bonds. The minimum Gasteiger partial charge on any atom is -0.366 e. The van der Waals surface area contributed by atoms with Crippen LogP contribution in [0, 0.1) is 27.4 Å². The molecule has 0 aliphatic heterocycles. The number of nitrogens with two attached hydrogens (primary N) is 1. The first-order chi connectivity index (χ1) is 9.40. The first kappa shape index (κ1) is 15.4. The van der Waals surface area contributed by atoms with E-state index in [-0.39, 0.29) is 17.2 Å². The van der Waals surface area contributed by atoms with Gasteiger partial charge in [-0.15, -0.1) is 0 Å². The molecule has 0 radical (unpaired) electrons. The second-order valence-electron chi connectivity index (χ2n) is 4.39. The summed E-state index contributed by atoms with van der Waals surface area (Å²) in [6.45, 7) is 4.38. The summed E-state index contributed by atoms with van der Waals surface area (Å²) in [6.07, 6.45) is 0. The van der Waals surface area contributed by atoms with Crippen molar-refractivity contribution in [1.29, 1.82) is 5.26 Å². The van der Waals surface area contributed by atoms with Gasteiger partial charge in [0.2, 0.25) is 5.91 Å². The second kappa shape index (κ2) is 6.52. The van der Waals surface area contributed by atoms with Crippen LogP contribution < -0.4 is 10.6 Å². The van der Waals surface area contributed by atoms with Gasteiger partial charge in [-0.1, -0.05) is 0 Å². The summed E-state index contributed by atoms with van der Waals surface area (Å²) in [6, 6.07) is 6.06. The van der Waals surface area contributed by atoms with E-state index in [1.165, 1.54) is 18.2 Å². The Hall–Kier alpha value is -2.62. The van der Waals surface area contributed by atoms with E-state index in [2.05, 4.69) is 6.07 Å². The molecule has 1 aromatic carbocycles. The average Bonchev–Trinajstić information content (AvgIpc) is 2.43. The Labute approximate surface area is 116 Å². The summed E-state index contributed by atoms with van der Waals surface area (Å²) < 4.78 is 0. The number of amides is 1. The first-order valence-corrected chi connectivity index (χ1v) is 6.13. The maximum Gasteiger partial charge on any atom is 0.292 e. The van der Waals surface area contributed by atoms with E-state index in [0.29, 0.717) is 18.8 Å². The number of benzene rings is 1. The van der Waals surface area contributed by atoms with Crippen molar-refractivity contribution in [2.45, 2.75) is 13.8 Å². The number of carbonyl (C=O) groups is 1. The Balaban J connectivity index is 3.29. The average molecular weight is 276 g/mol. The van der Waals surface area contributed by atoms with Crippen molar-refractivity contribution in [2.75, 3.05) is 18.0 Å². The molecule has 0 heterocycles. The second-order valence-corrected chi connectivity index (χ2v) is 4.39. The van der Waals surface area contributed by atoms with Crippen LogP contribution in [-0.2, 0) is 0 Å². The van der Waals surface area contributed by atoms with E-state index in [0.717, 1.165) is 0 Å². The molecule has 1 rings (SSSR count). The fraction of sp³-hybridized carbons (Fsp3) is 0.385. The Kier molecular flexibility index (Phi) is 5.03. The molecule has 7 heteroatoms. The van der Waals surface area contributed by atoms with Gasteiger partial charge >= 0.3 is 0 Å². The van der Waals surface area contributed by atoms with Gasteiger partial charge in [0.25, 0.3) is 5.69 Å². The summed E-state index contributed by atoms with van der Waals surface area (Å²) in [5.74, 6) is -0.933. The lowest BCUT2D eigenvalue weighted by molar-refractivity contribution is -0.384. The molecular weight excluding hydrogens is 260 g/mol. The maximum atomic E-state index is 11.2. The Bertz CT molecular complexity index is 565. The van der Waals surface area contributed by atoms with Crippen molar-refractivity contribution < 1.29 is 9.72 Å². The van der Waals surface area contributed by atoms with E-state index in [1.807, 2.05) is 6.92 Å². The van der Waals surface area contributed by atoms with Crippen molar-refractivity contribution in [2.24, 2.45) is 11.7 Å². The van der Waals surface area contributed by atoms with E-state index >= 15 is 0 Å². The largest absolute Gasteiger partial charge is 0.366 e. The summed E-state index contributed by atoms with van der Waals surface area (Å²) in [7, 11) is 0. The van der Waals surface area contributed by atoms with Crippen LogP contribution in [-0.4, -0.2) is 23.9 Å². The third-order valence-electron chi connectivity index (χ3n) is 2.89.